The van der Waals surface area contributed by atoms with Gasteiger partial charge in [0.15, 0.2) is 0 Å². The highest BCUT2D eigenvalue weighted by Crippen LogP contribution is 2.22. The molecule has 0 aliphatic heterocycles. The number of aryl methyl sites for hydroxylation is 1. The first-order valence-electron chi connectivity index (χ1n) is 9.13. The SMILES string of the molecule is CCOC(=O)c1ccc(NC(=O)Cn2nc3c(cc2=O)C[C@H](C)CC3)cc1. The molecule has 1 N–H and O–H groups in total. The van der Waals surface area contributed by atoms with Gasteiger partial charge in [-0.05, 0) is 61.9 Å². The number of amides is 1. The minimum Gasteiger partial charge on any atom is -0.462 e. The number of anilines is 1. The number of esters is 1. The van der Waals surface area contributed by atoms with E-state index in [0.717, 1.165) is 30.5 Å². The van der Waals surface area contributed by atoms with Crippen molar-refractivity contribution >= 4 is 17.6 Å². The monoisotopic (exact) mass is 369 g/mol. The lowest BCUT2D eigenvalue weighted by Gasteiger charge is -2.20. The van der Waals surface area contributed by atoms with E-state index in [9.17, 15) is 14.4 Å². The van der Waals surface area contributed by atoms with Crippen molar-refractivity contribution in [1.82, 2.24) is 9.78 Å². The van der Waals surface area contributed by atoms with E-state index in [1.54, 1.807) is 37.3 Å². The predicted octanol–water partition coefficient (Wildman–Crippen LogP) is 2.18. The fourth-order valence-electron chi connectivity index (χ4n) is 3.17. The first kappa shape index (κ1) is 18.8. The topological polar surface area (TPSA) is 90.3 Å². The molecule has 7 heteroatoms. The molecular weight excluding hydrogens is 346 g/mol. The van der Waals surface area contributed by atoms with Gasteiger partial charge in [-0.3, -0.25) is 9.59 Å². The number of hydrogen-bond donors (Lipinski definition) is 1. The third-order valence-electron chi connectivity index (χ3n) is 4.58. The van der Waals surface area contributed by atoms with E-state index in [2.05, 4.69) is 17.3 Å². The van der Waals surface area contributed by atoms with Crippen LogP contribution in [0.15, 0.2) is 35.1 Å². The molecule has 1 aliphatic carbocycles. The van der Waals surface area contributed by atoms with E-state index in [-0.39, 0.29) is 18.0 Å². The van der Waals surface area contributed by atoms with E-state index in [1.807, 2.05) is 0 Å². The first-order chi connectivity index (χ1) is 13.0. The van der Waals surface area contributed by atoms with Gasteiger partial charge in [-0.2, -0.15) is 5.10 Å². The summed E-state index contributed by atoms with van der Waals surface area (Å²) in [6.07, 6.45) is 2.72. The highest BCUT2D eigenvalue weighted by Gasteiger charge is 2.19. The van der Waals surface area contributed by atoms with Crippen molar-refractivity contribution in [3.8, 4) is 0 Å². The zero-order valence-corrected chi connectivity index (χ0v) is 15.5. The Hall–Kier alpha value is -2.96. The Morgan fingerprint density at radius 2 is 2.04 bits per heavy atom. The average molecular weight is 369 g/mol. The maximum Gasteiger partial charge on any atom is 0.338 e. The molecular formula is C20H23N3O4. The number of nitrogens with one attached hydrogen (secondary N) is 1. The summed E-state index contributed by atoms with van der Waals surface area (Å²) in [5, 5.41) is 7.08. The third-order valence-corrected chi connectivity index (χ3v) is 4.58. The maximum atomic E-state index is 12.3. The van der Waals surface area contributed by atoms with Crippen LogP contribution in [0.25, 0.3) is 0 Å². The predicted molar refractivity (Wildman–Crippen MR) is 101 cm³/mol. The van der Waals surface area contributed by atoms with E-state index in [0.29, 0.717) is 23.8 Å². The molecule has 1 aromatic heterocycles. The molecule has 1 amide bonds. The molecule has 142 valence electrons. The Morgan fingerprint density at radius 3 is 2.74 bits per heavy atom. The standard InChI is InChI=1S/C20H23N3O4/c1-3-27-20(26)14-5-7-16(8-6-14)21-18(24)12-23-19(25)11-15-10-13(2)4-9-17(15)22-23/h5-8,11,13H,3-4,9-10,12H2,1-2H3,(H,21,24)/t13-/m1/s1. The zero-order chi connectivity index (χ0) is 19.4. The number of fused-ring (bicyclic) bond motifs is 1. The van der Waals surface area contributed by atoms with Gasteiger partial charge in [0, 0.05) is 11.8 Å². The van der Waals surface area contributed by atoms with Crippen molar-refractivity contribution in [3.63, 3.8) is 0 Å². The quantitative estimate of drug-likeness (QED) is 0.816. The summed E-state index contributed by atoms with van der Waals surface area (Å²) in [6, 6.07) is 8.00. The van der Waals surface area contributed by atoms with Crippen LogP contribution in [0.1, 0.15) is 41.9 Å². The number of hydrogen-bond acceptors (Lipinski definition) is 5. The highest BCUT2D eigenvalue weighted by atomic mass is 16.5. The Kier molecular flexibility index (Phi) is 5.69. The van der Waals surface area contributed by atoms with Crippen molar-refractivity contribution in [3.05, 3.63) is 57.5 Å². The van der Waals surface area contributed by atoms with Gasteiger partial charge >= 0.3 is 5.97 Å². The largest absolute Gasteiger partial charge is 0.462 e. The number of benzene rings is 1. The van der Waals surface area contributed by atoms with Crippen LogP contribution in [0, 0.1) is 5.92 Å². The van der Waals surface area contributed by atoms with Gasteiger partial charge in [-0.15, -0.1) is 0 Å². The molecule has 1 atom stereocenters. The average Bonchev–Trinajstić information content (AvgIpc) is 2.63. The third kappa shape index (κ3) is 4.61. The van der Waals surface area contributed by atoms with Crippen LogP contribution < -0.4 is 10.9 Å². The lowest BCUT2D eigenvalue weighted by atomic mass is 9.88. The van der Waals surface area contributed by atoms with Gasteiger partial charge < -0.3 is 10.1 Å². The molecule has 0 spiro atoms. The van der Waals surface area contributed by atoms with Crippen LogP contribution in [-0.4, -0.2) is 28.3 Å². The number of nitrogens with zero attached hydrogens (tertiary/aromatic N) is 2. The Bertz CT molecular complexity index is 902. The molecule has 3 rings (SSSR count). The van der Waals surface area contributed by atoms with Crippen LogP contribution in [0.3, 0.4) is 0 Å². The van der Waals surface area contributed by atoms with Crippen LogP contribution >= 0.6 is 0 Å². The van der Waals surface area contributed by atoms with Crippen LogP contribution in [0.2, 0.25) is 0 Å². The van der Waals surface area contributed by atoms with Crippen molar-refractivity contribution in [2.24, 2.45) is 5.92 Å². The molecule has 0 saturated carbocycles. The molecule has 1 aromatic carbocycles. The molecule has 7 nitrogen and oxygen atoms in total. The fourth-order valence-corrected chi connectivity index (χ4v) is 3.17. The Balaban J connectivity index is 1.66. The molecule has 0 bridgehead atoms. The smallest absolute Gasteiger partial charge is 0.338 e. The first-order valence-corrected chi connectivity index (χ1v) is 9.13. The molecule has 0 saturated heterocycles. The fraction of sp³-hybridized carbons (Fsp3) is 0.400. The van der Waals surface area contributed by atoms with Crippen LogP contribution in [0.5, 0.6) is 0 Å². The van der Waals surface area contributed by atoms with Gasteiger partial charge in [-0.1, -0.05) is 6.92 Å². The Labute approximate surface area is 157 Å². The molecule has 1 aliphatic rings. The highest BCUT2D eigenvalue weighted by molar-refractivity contribution is 5.92. The second-order valence-corrected chi connectivity index (χ2v) is 6.81. The molecule has 1 heterocycles. The van der Waals surface area contributed by atoms with E-state index < -0.39 is 5.97 Å². The second-order valence-electron chi connectivity index (χ2n) is 6.81. The van der Waals surface area contributed by atoms with Crippen LogP contribution in [0.4, 0.5) is 5.69 Å². The molecule has 0 unspecified atom stereocenters. The summed E-state index contributed by atoms with van der Waals surface area (Å²) >= 11 is 0. The van der Waals surface area contributed by atoms with Crippen molar-refractivity contribution in [2.45, 2.75) is 39.7 Å². The molecule has 2 aromatic rings. The summed E-state index contributed by atoms with van der Waals surface area (Å²) in [4.78, 5) is 36.1. The minimum absolute atomic E-state index is 0.151. The number of rotatable bonds is 5. The van der Waals surface area contributed by atoms with Crippen molar-refractivity contribution < 1.29 is 14.3 Å². The van der Waals surface area contributed by atoms with Gasteiger partial charge in [0.25, 0.3) is 5.56 Å². The number of carbonyl (C=O) groups is 2. The lowest BCUT2D eigenvalue weighted by Crippen LogP contribution is -2.32. The van der Waals surface area contributed by atoms with Crippen molar-refractivity contribution in [2.75, 3.05) is 11.9 Å². The summed E-state index contributed by atoms with van der Waals surface area (Å²) in [6.45, 7) is 4.05. The molecule has 27 heavy (non-hydrogen) atoms. The number of aromatic nitrogens is 2. The lowest BCUT2D eigenvalue weighted by molar-refractivity contribution is -0.117. The number of ether oxygens (including phenoxy) is 1. The van der Waals surface area contributed by atoms with Gasteiger partial charge in [0.2, 0.25) is 5.91 Å². The van der Waals surface area contributed by atoms with Crippen LogP contribution in [-0.2, 0) is 28.9 Å². The number of carbonyl (C=O) groups excluding carboxylic acids is 2. The maximum absolute atomic E-state index is 12.3. The van der Waals surface area contributed by atoms with Gasteiger partial charge in [-0.25, -0.2) is 9.48 Å². The summed E-state index contributed by atoms with van der Waals surface area (Å²) < 4.78 is 6.13. The van der Waals surface area contributed by atoms with Gasteiger partial charge in [0.05, 0.1) is 17.9 Å². The van der Waals surface area contributed by atoms with Crippen molar-refractivity contribution in [1.29, 1.82) is 0 Å². The molecule has 0 fully saturated rings. The second kappa shape index (κ2) is 8.16. The normalized spacial score (nSPS) is 15.7. The van der Waals surface area contributed by atoms with E-state index in [1.165, 1.54) is 4.68 Å². The summed E-state index contributed by atoms with van der Waals surface area (Å²) in [5.41, 5.74) is 2.57. The molecule has 0 radical (unpaired) electrons. The summed E-state index contributed by atoms with van der Waals surface area (Å²) in [5.74, 6) is -0.206. The van der Waals surface area contributed by atoms with Gasteiger partial charge in [0.1, 0.15) is 6.54 Å². The van der Waals surface area contributed by atoms with E-state index in [4.69, 9.17) is 4.74 Å². The Morgan fingerprint density at radius 1 is 1.30 bits per heavy atom. The zero-order valence-electron chi connectivity index (χ0n) is 15.5. The minimum atomic E-state index is -0.408. The van der Waals surface area contributed by atoms with E-state index >= 15 is 0 Å². The summed E-state index contributed by atoms with van der Waals surface area (Å²) in [7, 11) is 0.